The number of hydrogen-bond acceptors (Lipinski definition) is 3. The summed E-state index contributed by atoms with van der Waals surface area (Å²) in [5.74, 6) is -1.71. The molecule has 1 atom stereocenters. The summed E-state index contributed by atoms with van der Waals surface area (Å²) in [7, 11) is 0. The van der Waals surface area contributed by atoms with E-state index in [1.54, 1.807) is 11.3 Å². The quantitative estimate of drug-likeness (QED) is 0.947. The molecule has 0 unspecified atom stereocenters. The molecule has 1 aromatic heterocycles. The topological polar surface area (TPSA) is 57.6 Å². The van der Waals surface area contributed by atoms with Gasteiger partial charge in [0, 0.05) is 17.7 Å². The average Bonchev–Trinajstić information content (AvgIpc) is 3.05. The Kier molecular flexibility index (Phi) is 3.41. The van der Waals surface area contributed by atoms with Gasteiger partial charge in [-0.15, -0.1) is 11.3 Å². The van der Waals surface area contributed by atoms with E-state index in [0.717, 1.165) is 15.6 Å². The molecule has 6 heteroatoms. The van der Waals surface area contributed by atoms with Gasteiger partial charge in [0.05, 0.1) is 13.0 Å². The first kappa shape index (κ1) is 14.0. The number of carbonyl (C=O) groups is 2. The molecule has 1 aliphatic rings. The van der Waals surface area contributed by atoms with Crippen LogP contribution >= 0.6 is 11.3 Å². The molecule has 1 saturated heterocycles. The molecule has 3 rings (SSSR count). The normalized spacial score (nSPS) is 21.9. The van der Waals surface area contributed by atoms with E-state index < -0.39 is 11.6 Å². The number of hydrogen-bond donors (Lipinski definition) is 1. The molecule has 0 bridgehead atoms. The van der Waals surface area contributed by atoms with Crippen LogP contribution in [0.5, 0.6) is 0 Å². The third-order valence-electron chi connectivity index (χ3n) is 3.86. The second-order valence-corrected chi connectivity index (χ2v) is 6.18. The number of carboxylic acids is 1. The number of fused-ring (bicyclic) bond motifs is 1. The number of aliphatic carboxylic acids is 1. The van der Waals surface area contributed by atoms with Crippen molar-refractivity contribution in [3.05, 3.63) is 35.2 Å². The Balaban J connectivity index is 1.74. The Labute approximate surface area is 124 Å². The molecular formula is C15H14FNO3S. The highest BCUT2D eigenvalue weighted by Gasteiger charge is 2.46. The summed E-state index contributed by atoms with van der Waals surface area (Å²) >= 11 is 1.56. The SMILES string of the molecule is O=C(Cc1csc2ccccc12)N1CC[C@@](F)(C(=O)O)C1. The van der Waals surface area contributed by atoms with Crippen LogP contribution in [0.25, 0.3) is 10.1 Å². The number of rotatable bonds is 3. The molecule has 1 N–H and O–H groups in total. The largest absolute Gasteiger partial charge is 0.479 e. The number of carboxylic acid groups (broad SMARTS) is 1. The summed E-state index contributed by atoms with van der Waals surface area (Å²) in [6.07, 6.45) is 0.0399. The van der Waals surface area contributed by atoms with Crippen LogP contribution in [0.2, 0.25) is 0 Å². The van der Waals surface area contributed by atoms with Crippen molar-refractivity contribution in [1.82, 2.24) is 4.90 Å². The van der Waals surface area contributed by atoms with E-state index in [-0.39, 0.29) is 31.8 Å². The van der Waals surface area contributed by atoms with Crippen LogP contribution in [0.15, 0.2) is 29.6 Å². The first-order valence-corrected chi connectivity index (χ1v) is 7.53. The highest BCUT2D eigenvalue weighted by atomic mass is 32.1. The Hall–Kier alpha value is -1.95. The molecule has 0 saturated carbocycles. The lowest BCUT2D eigenvalue weighted by molar-refractivity contribution is -0.150. The maximum atomic E-state index is 14.0. The van der Waals surface area contributed by atoms with Crippen LogP contribution in [-0.2, 0) is 16.0 Å². The summed E-state index contributed by atoms with van der Waals surface area (Å²) in [6.45, 7) is -0.201. The molecule has 0 aliphatic carbocycles. The number of halogens is 1. The lowest BCUT2D eigenvalue weighted by atomic mass is 10.1. The van der Waals surface area contributed by atoms with Crippen molar-refractivity contribution >= 4 is 33.3 Å². The predicted octanol–water partition coefficient (Wildman–Crippen LogP) is 2.47. The van der Waals surface area contributed by atoms with Crippen LogP contribution in [0.4, 0.5) is 4.39 Å². The van der Waals surface area contributed by atoms with E-state index in [1.807, 2.05) is 29.6 Å². The van der Waals surface area contributed by atoms with Gasteiger partial charge < -0.3 is 10.0 Å². The van der Waals surface area contributed by atoms with E-state index in [2.05, 4.69) is 0 Å². The van der Waals surface area contributed by atoms with Crippen molar-refractivity contribution < 1.29 is 19.1 Å². The fourth-order valence-corrected chi connectivity index (χ4v) is 3.57. The minimum absolute atomic E-state index is 0.140. The molecular weight excluding hydrogens is 293 g/mol. The van der Waals surface area contributed by atoms with Crippen LogP contribution in [0.3, 0.4) is 0 Å². The van der Waals surface area contributed by atoms with Gasteiger partial charge >= 0.3 is 5.97 Å². The molecule has 2 aromatic rings. The zero-order valence-electron chi connectivity index (χ0n) is 11.2. The standard InChI is InChI=1S/C15H14FNO3S/c16-15(14(19)20)5-6-17(9-15)13(18)7-10-8-21-12-4-2-1-3-11(10)12/h1-4,8H,5-7,9H2,(H,19,20)/t15-/m0/s1. The predicted molar refractivity (Wildman–Crippen MR) is 78.2 cm³/mol. The van der Waals surface area contributed by atoms with E-state index in [4.69, 9.17) is 5.11 Å². The Morgan fingerprint density at radius 1 is 1.38 bits per heavy atom. The van der Waals surface area contributed by atoms with Crippen LogP contribution in [0, 0.1) is 0 Å². The number of alkyl halides is 1. The maximum Gasteiger partial charge on any atom is 0.343 e. The number of nitrogens with zero attached hydrogens (tertiary/aromatic N) is 1. The van der Waals surface area contributed by atoms with Gasteiger partial charge in [0.1, 0.15) is 0 Å². The number of likely N-dealkylation sites (tertiary alicyclic amines) is 1. The Morgan fingerprint density at radius 3 is 2.86 bits per heavy atom. The minimum atomic E-state index is -2.30. The van der Waals surface area contributed by atoms with Crippen molar-refractivity contribution in [2.45, 2.75) is 18.5 Å². The molecule has 21 heavy (non-hydrogen) atoms. The van der Waals surface area contributed by atoms with E-state index in [0.29, 0.717) is 0 Å². The van der Waals surface area contributed by atoms with Crippen LogP contribution < -0.4 is 0 Å². The molecule has 0 spiro atoms. The molecule has 1 aliphatic heterocycles. The molecule has 1 aromatic carbocycles. The maximum absolute atomic E-state index is 14.0. The lowest BCUT2D eigenvalue weighted by Crippen LogP contribution is -2.39. The Morgan fingerprint density at radius 2 is 2.14 bits per heavy atom. The van der Waals surface area contributed by atoms with Gasteiger partial charge in [-0.2, -0.15) is 0 Å². The second kappa shape index (κ2) is 5.11. The minimum Gasteiger partial charge on any atom is -0.479 e. The zero-order chi connectivity index (χ0) is 15.0. The summed E-state index contributed by atoms with van der Waals surface area (Å²) in [6, 6.07) is 7.79. The van der Waals surface area contributed by atoms with Crippen molar-refractivity contribution in [2.75, 3.05) is 13.1 Å². The number of benzene rings is 1. The number of carbonyl (C=O) groups excluding carboxylic acids is 1. The molecule has 4 nitrogen and oxygen atoms in total. The monoisotopic (exact) mass is 307 g/mol. The molecule has 1 amide bonds. The van der Waals surface area contributed by atoms with Gasteiger partial charge in [0.25, 0.3) is 0 Å². The Bertz CT molecular complexity index is 714. The average molecular weight is 307 g/mol. The highest BCUT2D eigenvalue weighted by molar-refractivity contribution is 7.17. The van der Waals surface area contributed by atoms with Crippen LogP contribution in [0.1, 0.15) is 12.0 Å². The zero-order valence-corrected chi connectivity index (χ0v) is 12.0. The molecule has 0 radical (unpaired) electrons. The third kappa shape index (κ3) is 2.51. The molecule has 2 heterocycles. The second-order valence-electron chi connectivity index (χ2n) is 5.27. The van der Waals surface area contributed by atoms with Crippen molar-refractivity contribution in [2.24, 2.45) is 0 Å². The molecule has 1 fully saturated rings. The first-order valence-electron chi connectivity index (χ1n) is 6.65. The van der Waals surface area contributed by atoms with Gasteiger partial charge in [-0.05, 0) is 22.4 Å². The van der Waals surface area contributed by atoms with Gasteiger partial charge in [-0.1, -0.05) is 18.2 Å². The van der Waals surface area contributed by atoms with Crippen molar-refractivity contribution in [1.29, 1.82) is 0 Å². The van der Waals surface area contributed by atoms with Gasteiger partial charge in [-0.3, -0.25) is 4.79 Å². The van der Waals surface area contributed by atoms with E-state index in [9.17, 15) is 14.0 Å². The summed E-state index contributed by atoms with van der Waals surface area (Å²) < 4.78 is 15.1. The smallest absolute Gasteiger partial charge is 0.343 e. The number of thiophene rings is 1. The summed E-state index contributed by atoms with van der Waals surface area (Å²) in [5.41, 5.74) is -1.39. The van der Waals surface area contributed by atoms with Gasteiger partial charge in [-0.25, -0.2) is 9.18 Å². The summed E-state index contributed by atoms with van der Waals surface area (Å²) in [4.78, 5) is 24.4. The first-order chi connectivity index (χ1) is 9.99. The van der Waals surface area contributed by atoms with Gasteiger partial charge in [0.2, 0.25) is 11.6 Å². The van der Waals surface area contributed by atoms with E-state index in [1.165, 1.54) is 4.90 Å². The summed E-state index contributed by atoms with van der Waals surface area (Å²) in [5, 5.41) is 11.8. The highest BCUT2D eigenvalue weighted by Crippen LogP contribution is 2.29. The van der Waals surface area contributed by atoms with Crippen LogP contribution in [-0.4, -0.2) is 40.6 Å². The molecule has 110 valence electrons. The third-order valence-corrected chi connectivity index (χ3v) is 4.87. The van der Waals surface area contributed by atoms with E-state index >= 15 is 0 Å². The van der Waals surface area contributed by atoms with Crippen molar-refractivity contribution in [3.63, 3.8) is 0 Å². The fourth-order valence-electron chi connectivity index (χ4n) is 2.60. The lowest BCUT2D eigenvalue weighted by Gasteiger charge is -2.17. The number of amides is 1. The van der Waals surface area contributed by atoms with Gasteiger partial charge in [0.15, 0.2) is 0 Å². The van der Waals surface area contributed by atoms with Crippen molar-refractivity contribution in [3.8, 4) is 0 Å². The fraction of sp³-hybridized carbons (Fsp3) is 0.333.